The normalized spacial score (nSPS) is 19.3. The Kier molecular flexibility index (Phi) is 7.73. The van der Waals surface area contributed by atoms with Crippen LogP contribution in [0.5, 0.6) is 0 Å². The Hall–Kier alpha value is -3.35. The third kappa shape index (κ3) is 6.02. The number of alkyl carbamates (subject to hydrolysis) is 1. The quantitative estimate of drug-likeness (QED) is 0.464. The Labute approximate surface area is 206 Å². The third-order valence-electron chi connectivity index (χ3n) is 7.03. The molecule has 1 fully saturated rings. The number of carbonyl (C=O) groups excluding carboxylic acids is 2. The van der Waals surface area contributed by atoms with Crippen molar-refractivity contribution in [3.63, 3.8) is 0 Å². The van der Waals surface area contributed by atoms with Crippen LogP contribution >= 0.6 is 0 Å². The number of ether oxygens (including phenoxy) is 1. The van der Waals surface area contributed by atoms with Crippen LogP contribution in [0.1, 0.15) is 56.6 Å². The van der Waals surface area contributed by atoms with Crippen LogP contribution < -0.4 is 10.6 Å². The van der Waals surface area contributed by atoms with E-state index < -0.39 is 18.1 Å². The van der Waals surface area contributed by atoms with E-state index in [-0.39, 0.29) is 30.3 Å². The number of hydrogen-bond acceptors (Lipinski definition) is 4. The largest absolute Gasteiger partial charge is 0.480 e. The highest BCUT2D eigenvalue weighted by Gasteiger charge is 2.33. The molecule has 1 saturated carbocycles. The van der Waals surface area contributed by atoms with Gasteiger partial charge in [0.25, 0.3) is 0 Å². The molecule has 0 radical (unpaired) electrons. The van der Waals surface area contributed by atoms with Crippen molar-refractivity contribution in [3.05, 3.63) is 59.7 Å². The first-order valence-corrected chi connectivity index (χ1v) is 12.4. The lowest BCUT2D eigenvalue weighted by Gasteiger charge is -2.35. The lowest BCUT2D eigenvalue weighted by Crippen LogP contribution is -2.44. The minimum absolute atomic E-state index is 0.0325. The summed E-state index contributed by atoms with van der Waals surface area (Å²) in [6, 6.07) is 15.6. The molecule has 2 aromatic rings. The SMILES string of the molecule is CC(C)CC(NC(=O)CC1CC(CNC(=O)OCC2c3ccccc3-c3ccccc32)C1)C(=O)O. The molecule has 0 bridgehead atoms. The molecule has 0 aliphatic heterocycles. The van der Waals surface area contributed by atoms with Gasteiger partial charge in [0.2, 0.25) is 5.91 Å². The Bertz CT molecular complexity index is 1030. The Morgan fingerprint density at radius 2 is 1.57 bits per heavy atom. The van der Waals surface area contributed by atoms with Gasteiger partial charge in [-0.15, -0.1) is 0 Å². The molecule has 2 aliphatic carbocycles. The smallest absolute Gasteiger partial charge is 0.407 e. The van der Waals surface area contributed by atoms with Crippen LogP contribution in [-0.2, 0) is 14.3 Å². The van der Waals surface area contributed by atoms with Crippen molar-refractivity contribution in [2.24, 2.45) is 17.8 Å². The van der Waals surface area contributed by atoms with Gasteiger partial charge in [0.05, 0.1) is 0 Å². The van der Waals surface area contributed by atoms with E-state index in [1.165, 1.54) is 22.3 Å². The van der Waals surface area contributed by atoms with E-state index in [2.05, 4.69) is 34.9 Å². The number of rotatable bonds is 10. The van der Waals surface area contributed by atoms with Gasteiger partial charge < -0.3 is 20.5 Å². The van der Waals surface area contributed by atoms with E-state index in [1.54, 1.807) is 0 Å². The molecule has 2 aliphatic rings. The van der Waals surface area contributed by atoms with Gasteiger partial charge >= 0.3 is 12.1 Å². The zero-order valence-electron chi connectivity index (χ0n) is 20.3. The highest BCUT2D eigenvalue weighted by Crippen LogP contribution is 2.44. The van der Waals surface area contributed by atoms with E-state index in [9.17, 15) is 19.5 Å². The molecule has 0 aromatic heterocycles. The maximum Gasteiger partial charge on any atom is 0.407 e. The summed E-state index contributed by atoms with van der Waals surface area (Å²) >= 11 is 0. The van der Waals surface area contributed by atoms with Crippen LogP contribution in [0.25, 0.3) is 11.1 Å². The molecule has 2 aromatic carbocycles. The predicted octanol–water partition coefficient (Wildman–Crippen LogP) is 4.56. The number of aliphatic carboxylic acids is 1. The second-order valence-corrected chi connectivity index (χ2v) is 10.2. The summed E-state index contributed by atoms with van der Waals surface area (Å²) in [6.07, 6.45) is 1.98. The maximum atomic E-state index is 12.3. The van der Waals surface area contributed by atoms with E-state index in [4.69, 9.17) is 4.74 Å². The van der Waals surface area contributed by atoms with Gasteiger partial charge in [-0.25, -0.2) is 9.59 Å². The van der Waals surface area contributed by atoms with E-state index in [1.807, 2.05) is 38.1 Å². The summed E-state index contributed by atoms with van der Waals surface area (Å²) in [5.41, 5.74) is 4.75. The van der Waals surface area contributed by atoms with Crippen LogP contribution in [0.2, 0.25) is 0 Å². The van der Waals surface area contributed by atoms with Crippen molar-refractivity contribution < 1.29 is 24.2 Å². The minimum atomic E-state index is -0.995. The molecule has 0 spiro atoms. The number of carboxylic acids is 1. The lowest BCUT2D eigenvalue weighted by atomic mass is 9.73. The first-order chi connectivity index (χ1) is 16.8. The second-order valence-electron chi connectivity index (χ2n) is 10.2. The molecule has 0 heterocycles. The zero-order chi connectivity index (χ0) is 24.9. The number of hydrogen-bond donors (Lipinski definition) is 3. The van der Waals surface area contributed by atoms with Crippen molar-refractivity contribution in [3.8, 4) is 11.1 Å². The summed E-state index contributed by atoms with van der Waals surface area (Å²) in [6.45, 7) is 4.67. The van der Waals surface area contributed by atoms with Gasteiger partial charge in [-0.2, -0.15) is 0 Å². The summed E-state index contributed by atoms with van der Waals surface area (Å²) in [7, 11) is 0. The summed E-state index contributed by atoms with van der Waals surface area (Å²) in [4.78, 5) is 35.9. The predicted molar refractivity (Wildman–Crippen MR) is 133 cm³/mol. The molecule has 4 rings (SSSR count). The number of carbonyl (C=O) groups is 3. The van der Waals surface area contributed by atoms with Crippen LogP contribution in [0.15, 0.2) is 48.5 Å². The number of carboxylic acid groups (broad SMARTS) is 1. The Balaban J connectivity index is 1.17. The molecule has 7 nitrogen and oxygen atoms in total. The third-order valence-corrected chi connectivity index (χ3v) is 7.03. The molecule has 3 N–H and O–H groups in total. The van der Waals surface area contributed by atoms with Crippen molar-refractivity contribution in [1.29, 1.82) is 0 Å². The average Bonchev–Trinajstić information content (AvgIpc) is 3.12. The molecular weight excluding hydrogens is 444 g/mol. The van der Waals surface area contributed by atoms with Crippen LogP contribution in [-0.4, -0.2) is 42.3 Å². The average molecular weight is 479 g/mol. The van der Waals surface area contributed by atoms with Crippen molar-refractivity contribution in [2.75, 3.05) is 13.2 Å². The van der Waals surface area contributed by atoms with Crippen molar-refractivity contribution in [1.82, 2.24) is 10.6 Å². The van der Waals surface area contributed by atoms with Gasteiger partial charge in [-0.05, 0) is 59.3 Å². The number of amides is 2. The topological polar surface area (TPSA) is 105 Å². The van der Waals surface area contributed by atoms with Gasteiger partial charge in [0.15, 0.2) is 0 Å². The van der Waals surface area contributed by atoms with E-state index in [0.29, 0.717) is 25.3 Å². The first kappa shape index (κ1) is 24.8. The fourth-order valence-electron chi connectivity index (χ4n) is 5.29. The highest BCUT2D eigenvalue weighted by molar-refractivity contribution is 5.83. The standard InChI is InChI=1S/C28H34N2O5/c1-17(2)11-25(27(32)33)30-26(31)14-18-12-19(13-18)15-29-28(34)35-16-24-22-9-5-3-7-20(22)21-8-4-6-10-23(21)24/h3-10,17-19,24-25H,11-16H2,1-2H3,(H,29,34)(H,30,31)(H,32,33). The maximum absolute atomic E-state index is 12.3. The molecule has 0 saturated heterocycles. The minimum Gasteiger partial charge on any atom is -0.480 e. The zero-order valence-corrected chi connectivity index (χ0v) is 20.3. The number of fused-ring (bicyclic) bond motifs is 3. The summed E-state index contributed by atoms with van der Waals surface area (Å²) < 4.78 is 5.58. The highest BCUT2D eigenvalue weighted by atomic mass is 16.5. The Morgan fingerprint density at radius 3 is 2.14 bits per heavy atom. The summed E-state index contributed by atoms with van der Waals surface area (Å²) in [5, 5.41) is 14.8. The Morgan fingerprint density at radius 1 is 0.971 bits per heavy atom. The van der Waals surface area contributed by atoms with E-state index >= 15 is 0 Å². The molecular formula is C28H34N2O5. The van der Waals surface area contributed by atoms with Crippen LogP contribution in [0.4, 0.5) is 4.79 Å². The monoisotopic (exact) mass is 478 g/mol. The molecule has 1 atom stereocenters. The van der Waals surface area contributed by atoms with Crippen LogP contribution in [0, 0.1) is 17.8 Å². The molecule has 35 heavy (non-hydrogen) atoms. The van der Waals surface area contributed by atoms with Gasteiger partial charge in [-0.3, -0.25) is 4.79 Å². The lowest BCUT2D eigenvalue weighted by molar-refractivity contribution is -0.142. The molecule has 1 unspecified atom stereocenters. The van der Waals surface area contributed by atoms with Crippen molar-refractivity contribution in [2.45, 2.75) is 51.5 Å². The number of nitrogens with one attached hydrogen (secondary N) is 2. The van der Waals surface area contributed by atoms with E-state index in [0.717, 1.165) is 12.8 Å². The number of benzene rings is 2. The van der Waals surface area contributed by atoms with Gasteiger partial charge in [0.1, 0.15) is 12.6 Å². The van der Waals surface area contributed by atoms with Gasteiger partial charge in [0, 0.05) is 18.9 Å². The summed E-state index contributed by atoms with van der Waals surface area (Å²) in [5.74, 6) is -0.465. The fraction of sp³-hybridized carbons (Fsp3) is 0.464. The molecule has 7 heteroatoms. The first-order valence-electron chi connectivity index (χ1n) is 12.4. The molecule has 186 valence electrons. The van der Waals surface area contributed by atoms with Crippen molar-refractivity contribution >= 4 is 18.0 Å². The molecule has 2 amide bonds. The van der Waals surface area contributed by atoms with Gasteiger partial charge in [-0.1, -0.05) is 62.4 Å². The fourth-order valence-corrected chi connectivity index (χ4v) is 5.29. The second kappa shape index (κ2) is 10.9. The van der Waals surface area contributed by atoms with Crippen LogP contribution in [0.3, 0.4) is 0 Å².